The minimum atomic E-state index is 0.236. The highest BCUT2D eigenvalue weighted by atomic mass is 79.9. The Morgan fingerprint density at radius 3 is 1.92 bits per heavy atom. The molecule has 13 heavy (non-hydrogen) atoms. The van der Waals surface area contributed by atoms with Crippen LogP contribution in [0.15, 0.2) is 0 Å². The SMILES string of the molecule is OCCBr.OCCN1CCCCC1. The van der Waals surface area contributed by atoms with Crippen LogP contribution in [0.3, 0.4) is 0 Å². The van der Waals surface area contributed by atoms with Crippen LogP contribution in [-0.4, -0.2) is 53.3 Å². The zero-order valence-electron chi connectivity index (χ0n) is 8.08. The number of aliphatic hydroxyl groups excluding tert-OH is 2. The summed E-state index contributed by atoms with van der Waals surface area (Å²) in [6.07, 6.45) is 4.02. The van der Waals surface area contributed by atoms with Crippen LogP contribution in [0.2, 0.25) is 0 Å². The molecular weight excluding hydrogens is 234 g/mol. The Morgan fingerprint density at radius 2 is 1.54 bits per heavy atom. The van der Waals surface area contributed by atoms with Crippen LogP contribution in [0, 0.1) is 0 Å². The minimum Gasteiger partial charge on any atom is -0.396 e. The van der Waals surface area contributed by atoms with Gasteiger partial charge in [-0.2, -0.15) is 0 Å². The van der Waals surface area contributed by atoms with Gasteiger partial charge in [-0.25, -0.2) is 0 Å². The molecule has 1 aliphatic rings. The van der Waals surface area contributed by atoms with Crippen LogP contribution in [0.4, 0.5) is 0 Å². The van der Waals surface area contributed by atoms with Crippen molar-refractivity contribution in [2.24, 2.45) is 0 Å². The molecular formula is C9H20BrNO2. The van der Waals surface area contributed by atoms with E-state index in [0.717, 1.165) is 6.54 Å². The molecule has 0 aromatic carbocycles. The van der Waals surface area contributed by atoms with Gasteiger partial charge in [0.25, 0.3) is 0 Å². The van der Waals surface area contributed by atoms with Crippen molar-refractivity contribution in [3.8, 4) is 0 Å². The summed E-state index contributed by atoms with van der Waals surface area (Å²) in [5, 5.41) is 17.1. The molecule has 1 heterocycles. The lowest BCUT2D eigenvalue weighted by atomic mass is 10.1. The highest BCUT2D eigenvalue weighted by Gasteiger charge is 2.07. The van der Waals surface area contributed by atoms with E-state index in [1.165, 1.54) is 32.4 Å². The maximum Gasteiger partial charge on any atom is 0.0558 e. The van der Waals surface area contributed by atoms with E-state index in [2.05, 4.69) is 20.8 Å². The summed E-state index contributed by atoms with van der Waals surface area (Å²) in [5.41, 5.74) is 0. The fraction of sp³-hybridized carbons (Fsp3) is 1.00. The molecule has 80 valence electrons. The van der Waals surface area contributed by atoms with Gasteiger partial charge in [0.15, 0.2) is 0 Å². The van der Waals surface area contributed by atoms with E-state index in [4.69, 9.17) is 10.2 Å². The Morgan fingerprint density at radius 1 is 1.00 bits per heavy atom. The van der Waals surface area contributed by atoms with Crippen LogP contribution >= 0.6 is 15.9 Å². The maximum absolute atomic E-state index is 8.58. The molecule has 1 fully saturated rings. The molecule has 0 atom stereocenters. The van der Waals surface area contributed by atoms with Crippen molar-refractivity contribution in [1.29, 1.82) is 0 Å². The standard InChI is InChI=1S/C7H15NO.C2H5BrO/c9-7-6-8-4-2-1-3-5-8;3-1-2-4/h9H,1-7H2;4H,1-2H2. The predicted molar refractivity (Wildman–Crippen MR) is 58.3 cm³/mol. The third-order valence-electron chi connectivity index (χ3n) is 1.95. The molecule has 0 radical (unpaired) electrons. The van der Waals surface area contributed by atoms with Crippen molar-refractivity contribution in [2.45, 2.75) is 19.3 Å². The van der Waals surface area contributed by atoms with Gasteiger partial charge in [-0.3, -0.25) is 0 Å². The summed E-state index contributed by atoms with van der Waals surface area (Å²) in [6, 6.07) is 0. The molecule has 2 N–H and O–H groups in total. The number of aliphatic hydroxyl groups is 2. The molecule has 3 nitrogen and oxygen atoms in total. The second-order valence-electron chi connectivity index (χ2n) is 3.04. The zero-order valence-corrected chi connectivity index (χ0v) is 9.67. The molecule has 0 spiro atoms. The Labute approximate surface area is 88.9 Å². The van der Waals surface area contributed by atoms with Gasteiger partial charge in [0.05, 0.1) is 13.2 Å². The lowest BCUT2D eigenvalue weighted by Gasteiger charge is -2.25. The number of rotatable bonds is 3. The summed E-state index contributed by atoms with van der Waals surface area (Å²) in [6.45, 7) is 3.82. The highest BCUT2D eigenvalue weighted by Crippen LogP contribution is 2.06. The van der Waals surface area contributed by atoms with Gasteiger partial charge in [0.2, 0.25) is 0 Å². The fourth-order valence-corrected chi connectivity index (χ4v) is 1.32. The number of nitrogens with zero attached hydrogens (tertiary/aromatic N) is 1. The number of likely N-dealkylation sites (tertiary alicyclic amines) is 1. The van der Waals surface area contributed by atoms with Crippen LogP contribution in [0.25, 0.3) is 0 Å². The molecule has 0 aliphatic carbocycles. The molecule has 0 saturated carbocycles. The van der Waals surface area contributed by atoms with Gasteiger partial charge < -0.3 is 15.1 Å². The summed E-state index contributed by atoms with van der Waals surface area (Å²) in [7, 11) is 0. The first-order valence-corrected chi connectivity index (χ1v) is 5.97. The monoisotopic (exact) mass is 253 g/mol. The Kier molecular flexibility index (Phi) is 10.7. The molecule has 1 saturated heterocycles. The summed E-state index contributed by atoms with van der Waals surface area (Å²) < 4.78 is 0. The molecule has 0 aromatic rings. The second-order valence-corrected chi connectivity index (χ2v) is 3.83. The number of halogens is 1. The largest absolute Gasteiger partial charge is 0.396 e. The molecule has 0 amide bonds. The number of β-amino-alcohol motifs (C(OH)–C–C–N with tert-alkyl or cyclic N) is 1. The molecule has 1 rings (SSSR count). The van der Waals surface area contributed by atoms with E-state index in [-0.39, 0.29) is 6.61 Å². The second kappa shape index (κ2) is 10.4. The average molecular weight is 254 g/mol. The smallest absolute Gasteiger partial charge is 0.0558 e. The van der Waals surface area contributed by atoms with Crippen molar-refractivity contribution in [3.05, 3.63) is 0 Å². The van der Waals surface area contributed by atoms with Crippen LogP contribution in [0.5, 0.6) is 0 Å². The van der Waals surface area contributed by atoms with Gasteiger partial charge >= 0.3 is 0 Å². The lowest BCUT2D eigenvalue weighted by Crippen LogP contribution is -2.31. The van der Waals surface area contributed by atoms with Gasteiger partial charge in [0.1, 0.15) is 0 Å². The number of hydrogen-bond acceptors (Lipinski definition) is 3. The quantitative estimate of drug-likeness (QED) is 0.733. The molecule has 0 aromatic heterocycles. The van der Waals surface area contributed by atoms with Crippen molar-refractivity contribution in [3.63, 3.8) is 0 Å². The van der Waals surface area contributed by atoms with Gasteiger partial charge in [0, 0.05) is 11.9 Å². The summed E-state index contributed by atoms with van der Waals surface area (Å²) >= 11 is 3.00. The van der Waals surface area contributed by atoms with Crippen LogP contribution in [-0.2, 0) is 0 Å². The first-order chi connectivity index (χ1) is 6.35. The van der Waals surface area contributed by atoms with Crippen LogP contribution in [0.1, 0.15) is 19.3 Å². The molecule has 4 heteroatoms. The Bertz CT molecular complexity index is 92.9. The molecule has 0 bridgehead atoms. The van der Waals surface area contributed by atoms with E-state index in [0.29, 0.717) is 11.9 Å². The van der Waals surface area contributed by atoms with E-state index in [1.54, 1.807) is 0 Å². The number of piperidine rings is 1. The average Bonchev–Trinajstić information content (AvgIpc) is 2.20. The molecule has 1 aliphatic heterocycles. The topological polar surface area (TPSA) is 43.7 Å². The minimum absolute atomic E-state index is 0.236. The Balaban J connectivity index is 0.000000310. The summed E-state index contributed by atoms with van der Waals surface area (Å²) in [4.78, 5) is 2.32. The van der Waals surface area contributed by atoms with E-state index >= 15 is 0 Å². The zero-order chi connectivity index (χ0) is 9.94. The third-order valence-corrected chi connectivity index (χ3v) is 2.30. The van der Waals surface area contributed by atoms with E-state index < -0.39 is 0 Å². The van der Waals surface area contributed by atoms with E-state index in [1.807, 2.05) is 0 Å². The van der Waals surface area contributed by atoms with E-state index in [9.17, 15) is 0 Å². The van der Waals surface area contributed by atoms with Crippen molar-refractivity contribution < 1.29 is 10.2 Å². The van der Waals surface area contributed by atoms with Gasteiger partial charge in [-0.05, 0) is 25.9 Å². The van der Waals surface area contributed by atoms with Crippen LogP contribution < -0.4 is 0 Å². The molecule has 0 unspecified atom stereocenters. The summed E-state index contributed by atoms with van der Waals surface area (Å²) in [5.74, 6) is 0. The Hall–Kier alpha value is 0.360. The highest BCUT2D eigenvalue weighted by molar-refractivity contribution is 9.09. The number of hydrogen-bond donors (Lipinski definition) is 2. The third kappa shape index (κ3) is 8.68. The van der Waals surface area contributed by atoms with Gasteiger partial charge in [-0.15, -0.1) is 0 Å². The fourth-order valence-electron chi connectivity index (χ4n) is 1.32. The first kappa shape index (κ1) is 13.4. The van der Waals surface area contributed by atoms with Crippen molar-refractivity contribution in [2.75, 3.05) is 38.2 Å². The maximum atomic E-state index is 8.58. The first-order valence-electron chi connectivity index (χ1n) is 4.85. The lowest BCUT2D eigenvalue weighted by molar-refractivity contribution is 0.173. The van der Waals surface area contributed by atoms with Crippen molar-refractivity contribution >= 4 is 15.9 Å². The normalized spacial score (nSPS) is 17.8. The number of alkyl halides is 1. The van der Waals surface area contributed by atoms with Crippen molar-refractivity contribution in [1.82, 2.24) is 4.90 Å². The van der Waals surface area contributed by atoms with Gasteiger partial charge in [-0.1, -0.05) is 22.4 Å². The predicted octanol–water partition coefficient (Wildman–Crippen LogP) is 0.838.